The second-order valence-electron chi connectivity index (χ2n) is 25.0. The number of carbonyl (C=O) groups is 1. The maximum absolute atomic E-state index is 13.3. The Balaban J connectivity index is 1.24. The second-order valence-corrected chi connectivity index (χ2v) is 25.0. The average Bonchev–Trinajstić information content (AvgIpc) is 0.798. The molecule has 19 nitrogen and oxygen atoms in total. The van der Waals surface area contributed by atoms with Crippen LogP contribution in [0.15, 0.2) is 109 Å². The van der Waals surface area contributed by atoms with Gasteiger partial charge in [-0.2, -0.15) is 0 Å². The number of unbranched alkanes of at least 4 members (excludes halogenated alkanes) is 21. The molecular weight excluding hydrogens is 1190 g/mol. The van der Waals surface area contributed by atoms with E-state index in [1.54, 1.807) is 6.08 Å². The molecule has 3 heterocycles. The van der Waals surface area contributed by atoms with E-state index in [4.69, 9.17) is 28.4 Å². The Morgan fingerprint density at radius 1 is 0.398 bits per heavy atom. The van der Waals surface area contributed by atoms with Crippen molar-refractivity contribution in [3.8, 4) is 0 Å². The third kappa shape index (κ3) is 36.0. The number of rotatable bonds is 53. The van der Waals surface area contributed by atoms with Crippen LogP contribution >= 0.6 is 0 Å². The molecule has 0 aliphatic carbocycles. The van der Waals surface area contributed by atoms with Gasteiger partial charge in [-0.25, -0.2) is 0 Å². The maximum Gasteiger partial charge on any atom is 0.220 e. The Kier molecular flexibility index (Phi) is 49.0. The molecule has 0 aromatic heterocycles. The lowest BCUT2D eigenvalue weighted by Crippen LogP contribution is -2.66. The zero-order chi connectivity index (χ0) is 67.5. The second kappa shape index (κ2) is 54.5. The Bertz CT molecular complexity index is 2110. The summed E-state index contributed by atoms with van der Waals surface area (Å²) < 4.78 is 34.2. The Morgan fingerprint density at radius 2 is 0.753 bits per heavy atom. The average molecular weight is 1320 g/mol. The maximum atomic E-state index is 13.3. The van der Waals surface area contributed by atoms with E-state index >= 15 is 0 Å². The van der Waals surface area contributed by atoms with E-state index in [0.717, 1.165) is 83.5 Å². The quantitative estimate of drug-likeness (QED) is 0.0199. The molecule has 0 aromatic rings. The summed E-state index contributed by atoms with van der Waals surface area (Å²) in [6, 6.07) is -0.991. The summed E-state index contributed by atoms with van der Waals surface area (Å²) in [5, 5.41) is 120. The number of allylic oxidation sites excluding steroid dienone is 17. The van der Waals surface area contributed by atoms with Gasteiger partial charge in [0.05, 0.1) is 38.6 Å². The summed E-state index contributed by atoms with van der Waals surface area (Å²) >= 11 is 0. The van der Waals surface area contributed by atoms with Crippen molar-refractivity contribution in [3.05, 3.63) is 109 Å². The first-order chi connectivity index (χ1) is 45.3. The van der Waals surface area contributed by atoms with Gasteiger partial charge in [0, 0.05) is 6.42 Å². The van der Waals surface area contributed by atoms with Crippen LogP contribution in [-0.2, 0) is 33.2 Å². The number of nitrogens with one attached hydrogen (secondary N) is 1. The summed E-state index contributed by atoms with van der Waals surface area (Å²) in [6.45, 7) is 1.45. The zero-order valence-corrected chi connectivity index (χ0v) is 56.4. The monoisotopic (exact) mass is 1320 g/mol. The summed E-state index contributed by atoms with van der Waals surface area (Å²) in [6.07, 6.45) is 47.3. The van der Waals surface area contributed by atoms with Crippen LogP contribution < -0.4 is 5.32 Å². The Hall–Kier alpha value is -3.55. The normalized spacial score (nSPS) is 28.2. The van der Waals surface area contributed by atoms with Gasteiger partial charge in [-0.05, 0) is 83.5 Å². The van der Waals surface area contributed by atoms with E-state index in [1.807, 2.05) is 6.08 Å². The van der Waals surface area contributed by atoms with Crippen LogP contribution in [0.3, 0.4) is 0 Å². The third-order valence-corrected chi connectivity index (χ3v) is 17.0. The van der Waals surface area contributed by atoms with E-state index in [2.05, 4.69) is 116 Å². The molecule has 0 saturated carbocycles. The first kappa shape index (κ1) is 83.7. The van der Waals surface area contributed by atoms with Gasteiger partial charge >= 0.3 is 0 Å². The third-order valence-electron chi connectivity index (χ3n) is 17.0. The van der Waals surface area contributed by atoms with Gasteiger partial charge in [-0.3, -0.25) is 4.79 Å². The number of carbonyl (C=O) groups excluding carboxylic acids is 1. The van der Waals surface area contributed by atoms with Crippen LogP contribution in [0.2, 0.25) is 0 Å². The highest BCUT2D eigenvalue weighted by Crippen LogP contribution is 2.33. The fourth-order valence-electron chi connectivity index (χ4n) is 11.3. The standard InChI is InChI=1S/C74H125NO18/c1-3-5-7-9-11-12-13-14-15-16-17-18-19-20-21-22-23-24-25-26-27-28-29-30-31-32-33-34-35-36-37-38-39-40-41-42-43-44-46-48-50-52-62(80)75-57(58(79)51-49-47-45-10-8-6-4-2)56-88-72-68(86)65(83)70(60(54-77)90-72)93-74-69(87)66(84)71(61(55-78)91-74)92-73-67(85)64(82)63(81)59(53-76)89-73/h5,7-8,10-12,14-15,17-18,20-21,23-24,26-27,49,51,57-61,63-74,76-79,81-87H,3-4,6,9,13,16,19,22,25,28-48,50,52-56H2,1-2H3,(H,75,80)/b7-5-,10-8+,12-11-,15-14-,18-17-,21-20-,24-23-,27-26-,51-49+. The molecule has 3 rings (SSSR count). The number of hydrogen-bond donors (Lipinski definition) is 12. The van der Waals surface area contributed by atoms with Crippen LogP contribution in [0.4, 0.5) is 0 Å². The van der Waals surface area contributed by atoms with Crippen molar-refractivity contribution in [2.24, 2.45) is 0 Å². The van der Waals surface area contributed by atoms with E-state index in [-0.39, 0.29) is 18.9 Å². The molecule has 534 valence electrons. The molecule has 17 unspecified atom stereocenters. The van der Waals surface area contributed by atoms with Crippen molar-refractivity contribution in [2.75, 3.05) is 26.4 Å². The van der Waals surface area contributed by atoms with Crippen LogP contribution in [-0.4, -0.2) is 193 Å². The summed E-state index contributed by atoms with van der Waals surface area (Å²) in [4.78, 5) is 13.3. The summed E-state index contributed by atoms with van der Waals surface area (Å²) in [7, 11) is 0. The van der Waals surface area contributed by atoms with Gasteiger partial charge in [0.25, 0.3) is 0 Å². The van der Waals surface area contributed by atoms with E-state index in [9.17, 15) is 61.0 Å². The van der Waals surface area contributed by atoms with Crippen LogP contribution in [0.5, 0.6) is 0 Å². The largest absolute Gasteiger partial charge is 0.394 e. The Morgan fingerprint density at radius 3 is 1.19 bits per heavy atom. The highest BCUT2D eigenvalue weighted by Gasteiger charge is 2.53. The van der Waals surface area contributed by atoms with Crippen LogP contribution in [0.25, 0.3) is 0 Å². The van der Waals surface area contributed by atoms with Crippen molar-refractivity contribution in [3.63, 3.8) is 0 Å². The SMILES string of the molecule is CC/C=C\C/C=C\C/C=C\C/C=C\C/C=C\C/C=C\C/C=C\CCCCCCCCCCCCCCCCCCCCCC(=O)NC(COC1OC(CO)C(OC2OC(CO)C(OC3OC(CO)C(O)C(O)C3O)C(O)C2O)C(O)C1O)C(O)/C=C/CC/C=C/CCC. The topological polar surface area (TPSA) is 307 Å². The number of aliphatic hydroxyl groups excluding tert-OH is 11. The van der Waals surface area contributed by atoms with Crippen LogP contribution in [0.1, 0.15) is 219 Å². The van der Waals surface area contributed by atoms with Crippen LogP contribution in [0, 0.1) is 0 Å². The molecule has 19 heteroatoms. The number of ether oxygens (including phenoxy) is 6. The minimum absolute atomic E-state index is 0.231. The molecule has 1 amide bonds. The molecule has 17 atom stereocenters. The first-order valence-corrected chi connectivity index (χ1v) is 35.6. The van der Waals surface area contributed by atoms with Gasteiger partial charge in [0.2, 0.25) is 5.91 Å². The van der Waals surface area contributed by atoms with Gasteiger partial charge in [0.15, 0.2) is 18.9 Å². The van der Waals surface area contributed by atoms with E-state index < -0.39 is 124 Å². The van der Waals surface area contributed by atoms with E-state index in [0.29, 0.717) is 12.8 Å². The number of aliphatic hydroxyl groups is 11. The van der Waals surface area contributed by atoms with Gasteiger partial charge in [0.1, 0.15) is 73.2 Å². The minimum atomic E-state index is -1.98. The molecule has 3 aliphatic heterocycles. The lowest BCUT2D eigenvalue weighted by Gasteiger charge is -2.48. The summed E-state index contributed by atoms with van der Waals surface area (Å²) in [5.74, 6) is -0.292. The minimum Gasteiger partial charge on any atom is -0.394 e. The van der Waals surface area contributed by atoms with E-state index in [1.165, 1.54) is 103 Å². The fourth-order valence-corrected chi connectivity index (χ4v) is 11.3. The molecule has 93 heavy (non-hydrogen) atoms. The number of hydrogen-bond acceptors (Lipinski definition) is 18. The molecule has 0 radical (unpaired) electrons. The molecule has 3 saturated heterocycles. The van der Waals surface area contributed by atoms with Crippen molar-refractivity contribution in [1.29, 1.82) is 0 Å². The Labute approximate surface area is 557 Å². The highest BCUT2D eigenvalue weighted by molar-refractivity contribution is 5.76. The molecule has 3 aliphatic rings. The smallest absolute Gasteiger partial charge is 0.220 e. The zero-order valence-electron chi connectivity index (χ0n) is 56.4. The van der Waals surface area contributed by atoms with Crippen molar-refractivity contribution < 1.29 is 89.4 Å². The first-order valence-electron chi connectivity index (χ1n) is 35.6. The molecule has 0 bridgehead atoms. The lowest BCUT2D eigenvalue weighted by molar-refractivity contribution is -0.379. The van der Waals surface area contributed by atoms with Gasteiger partial charge in [-0.1, -0.05) is 239 Å². The summed E-state index contributed by atoms with van der Waals surface area (Å²) in [5.41, 5.74) is 0. The van der Waals surface area contributed by atoms with Crippen molar-refractivity contribution in [1.82, 2.24) is 5.32 Å². The number of amides is 1. The molecular formula is C74H125NO18. The molecule has 0 aromatic carbocycles. The molecule has 3 fully saturated rings. The fraction of sp³-hybridized carbons (Fsp3) is 0.743. The molecule has 12 N–H and O–H groups in total. The van der Waals surface area contributed by atoms with Crippen molar-refractivity contribution >= 4 is 5.91 Å². The predicted octanol–water partition coefficient (Wildman–Crippen LogP) is 9.83. The van der Waals surface area contributed by atoms with Gasteiger partial charge in [-0.15, -0.1) is 0 Å². The predicted molar refractivity (Wildman–Crippen MR) is 364 cm³/mol. The van der Waals surface area contributed by atoms with Gasteiger partial charge < -0.3 is 89.9 Å². The lowest BCUT2D eigenvalue weighted by atomic mass is 9.96. The molecule has 0 spiro atoms. The highest BCUT2D eigenvalue weighted by atomic mass is 16.8. The van der Waals surface area contributed by atoms with Crippen molar-refractivity contribution in [2.45, 2.75) is 324 Å².